The second kappa shape index (κ2) is 29.4. The first kappa shape index (κ1) is 56.0. The van der Waals surface area contributed by atoms with Gasteiger partial charge in [0.25, 0.3) is 0 Å². The molecule has 0 spiro atoms. The first-order chi connectivity index (χ1) is 34.2. The quantitative estimate of drug-likeness (QED) is 0.0469. The van der Waals surface area contributed by atoms with Crippen molar-refractivity contribution in [2.24, 2.45) is 0 Å². The summed E-state index contributed by atoms with van der Waals surface area (Å²) in [6, 6.07) is 38.1. The van der Waals surface area contributed by atoms with E-state index in [-0.39, 0.29) is 0 Å². The number of fused-ring (bicyclic) bond motifs is 1. The van der Waals surface area contributed by atoms with Gasteiger partial charge in [0.05, 0.1) is 10.1 Å². The highest BCUT2D eigenvalue weighted by Crippen LogP contribution is 2.42. The fourth-order valence-corrected chi connectivity index (χ4v) is 10.7. The van der Waals surface area contributed by atoms with Crippen molar-refractivity contribution in [2.75, 3.05) is 0 Å². The van der Waals surface area contributed by atoms with Gasteiger partial charge in [-0.1, -0.05) is 185 Å². The molecule has 0 aromatic heterocycles. The van der Waals surface area contributed by atoms with Crippen LogP contribution in [-0.2, 0) is 29.5 Å². The first-order valence-electron chi connectivity index (χ1n) is 26.0. The van der Waals surface area contributed by atoms with Crippen LogP contribution in [0.1, 0.15) is 148 Å². The summed E-state index contributed by atoms with van der Waals surface area (Å²) in [7, 11) is -3.54. The van der Waals surface area contributed by atoms with E-state index in [9.17, 15) is 8.42 Å². The van der Waals surface area contributed by atoms with Crippen molar-refractivity contribution in [2.45, 2.75) is 163 Å². The van der Waals surface area contributed by atoms with Crippen LogP contribution in [0.4, 0.5) is 0 Å². The molecule has 5 aromatic rings. The van der Waals surface area contributed by atoms with E-state index in [4.69, 9.17) is 9.47 Å². The maximum Gasteiger partial charge on any atom is 0.185 e. The minimum Gasteiger partial charge on any atom is -0.488 e. The Morgan fingerprint density at radius 3 is 1.35 bits per heavy atom. The van der Waals surface area contributed by atoms with Gasteiger partial charge < -0.3 is 9.47 Å². The van der Waals surface area contributed by atoms with Crippen LogP contribution in [0.2, 0.25) is 0 Å². The summed E-state index contributed by atoms with van der Waals surface area (Å²) in [6.45, 7) is 20.5. The number of sulfone groups is 1. The lowest BCUT2D eigenvalue weighted by Crippen LogP contribution is -2.20. The molecule has 0 aliphatic carbocycles. The molecule has 0 N–H and O–H groups in total. The molecule has 0 amide bonds. The molecule has 376 valence electrons. The molecule has 1 unspecified atom stereocenters. The Morgan fingerprint density at radius 1 is 0.465 bits per heavy atom. The van der Waals surface area contributed by atoms with E-state index in [0.717, 1.165) is 121 Å². The van der Waals surface area contributed by atoms with E-state index in [0.29, 0.717) is 24.5 Å². The average Bonchev–Trinajstić information content (AvgIpc) is 3.35. The van der Waals surface area contributed by atoms with Crippen LogP contribution in [0.3, 0.4) is 0 Å². The van der Waals surface area contributed by atoms with Crippen LogP contribution >= 0.6 is 0 Å². The Hall–Kier alpha value is -5.91. The zero-order chi connectivity index (χ0) is 51.0. The predicted octanol–water partition coefficient (Wildman–Crippen LogP) is 18.6. The first-order valence-corrected chi connectivity index (χ1v) is 27.5. The van der Waals surface area contributed by atoms with E-state index < -0.39 is 15.1 Å². The Labute approximate surface area is 429 Å². The van der Waals surface area contributed by atoms with Gasteiger partial charge in [0.15, 0.2) is 9.84 Å². The minimum absolute atomic E-state index is 0.387. The molecule has 0 aliphatic heterocycles. The minimum atomic E-state index is -3.54. The van der Waals surface area contributed by atoms with E-state index in [1.165, 1.54) is 33.4 Å². The fraction of sp³-hybridized carbons (Fsp3) is 0.364. The second-order valence-electron chi connectivity index (χ2n) is 19.9. The number of hydrogen-bond acceptors (Lipinski definition) is 4. The predicted molar refractivity (Wildman–Crippen MR) is 304 cm³/mol. The van der Waals surface area contributed by atoms with Crippen molar-refractivity contribution < 1.29 is 17.9 Å². The molecule has 0 aliphatic rings. The Balaban J connectivity index is 1.15. The van der Waals surface area contributed by atoms with Gasteiger partial charge in [-0.25, -0.2) is 8.42 Å². The van der Waals surface area contributed by atoms with Crippen LogP contribution in [0.5, 0.6) is 11.5 Å². The van der Waals surface area contributed by atoms with Gasteiger partial charge in [-0.05, 0) is 168 Å². The Morgan fingerprint density at radius 2 is 0.859 bits per heavy atom. The van der Waals surface area contributed by atoms with Crippen LogP contribution < -0.4 is 9.47 Å². The molecule has 5 aromatic carbocycles. The third kappa shape index (κ3) is 19.0. The summed E-state index contributed by atoms with van der Waals surface area (Å²) < 4.78 is 41.3. The van der Waals surface area contributed by atoms with Crippen molar-refractivity contribution >= 4 is 20.6 Å². The maximum absolute atomic E-state index is 14.0. The highest BCUT2D eigenvalue weighted by molar-refractivity contribution is 7.92. The molecule has 0 fully saturated rings. The standard InChI is InChI=1S/C66H82O4S/c1-50(2)26-21-27-51(3)31-24-34-55(7)46-61(71(67,68)60-40-17-12-18-41-60)47-56(8)35-25-32-53(5)29-22-28-52(4)30-23-33-54(6)44-45-62-57(9)65(69-48-58-36-13-10-14-37-58)63-42-19-20-43-64(63)66(62)70-49-59-38-15-11-16-39-59/h10-20,26,29-31,35-44,46,61H,21-25,27-28,32-34,45,47-49H2,1-9H3/b51-31+,52-30+,53-29+,54-44+,55-46+,56-35+. The fourth-order valence-electron chi connectivity index (χ4n) is 8.91. The molecular weight excluding hydrogens is 889 g/mol. The SMILES string of the molecule is CC(C)=CCC/C(C)=C/CC/C(C)=C/C(C/C(C)=C/CC/C(C)=C/CC/C(C)=C/CC/C(C)=C/Cc1c(C)c(OCc2ccccc2)c2ccccc2c1OCc1ccccc1)S(=O)(=O)c1ccccc1. The zero-order valence-corrected chi connectivity index (χ0v) is 45.3. The highest BCUT2D eigenvalue weighted by Gasteiger charge is 2.26. The molecule has 5 heteroatoms. The molecule has 0 bridgehead atoms. The molecule has 0 saturated carbocycles. The molecule has 0 radical (unpaired) electrons. The van der Waals surface area contributed by atoms with Crippen LogP contribution in [0, 0.1) is 6.92 Å². The van der Waals surface area contributed by atoms with Crippen molar-refractivity contribution in [3.05, 3.63) is 219 Å². The van der Waals surface area contributed by atoms with Gasteiger partial charge in [0.2, 0.25) is 0 Å². The van der Waals surface area contributed by atoms with E-state index in [1.54, 1.807) is 12.1 Å². The molecular formula is C66H82O4S. The van der Waals surface area contributed by atoms with Gasteiger partial charge in [0.1, 0.15) is 24.7 Å². The van der Waals surface area contributed by atoms with Crippen LogP contribution in [0.15, 0.2) is 202 Å². The Bertz CT molecular complexity index is 2780. The van der Waals surface area contributed by atoms with Gasteiger partial charge in [-0.15, -0.1) is 0 Å². The summed E-state index contributed by atoms with van der Waals surface area (Å²) in [4.78, 5) is 0.387. The highest BCUT2D eigenvalue weighted by atomic mass is 32.2. The van der Waals surface area contributed by atoms with Crippen molar-refractivity contribution in [1.29, 1.82) is 0 Å². The van der Waals surface area contributed by atoms with Gasteiger partial charge >= 0.3 is 0 Å². The number of benzene rings is 5. The summed E-state index contributed by atoms with van der Waals surface area (Å²) in [5.41, 5.74) is 13.7. The second-order valence-corrected chi connectivity index (χ2v) is 22.1. The summed E-state index contributed by atoms with van der Waals surface area (Å²) in [5, 5.41) is 1.54. The van der Waals surface area contributed by atoms with E-state index >= 15 is 0 Å². The van der Waals surface area contributed by atoms with Crippen molar-refractivity contribution in [1.82, 2.24) is 0 Å². The van der Waals surface area contributed by atoms with Crippen LogP contribution in [-0.4, -0.2) is 13.7 Å². The lowest BCUT2D eigenvalue weighted by Gasteiger charge is -2.21. The number of rotatable bonds is 28. The zero-order valence-electron chi connectivity index (χ0n) is 44.5. The monoisotopic (exact) mass is 971 g/mol. The number of ether oxygens (including phenoxy) is 2. The maximum atomic E-state index is 14.0. The van der Waals surface area contributed by atoms with Gasteiger partial charge in [0, 0.05) is 16.3 Å². The summed E-state index contributed by atoms with van der Waals surface area (Å²) >= 11 is 0. The molecule has 4 nitrogen and oxygen atoms in total. The summed E-state index contributed by atoms with van der Waals surface area (Å²) in [6.07, 6.45) is 27.0. The molecule has 1 atom stereocenters. The molecule has 0 heterocycles. The molecule has 71 heavy (non-hydrogen) atoms. The largest absolute Gasteiger partial charge is 0.488 e. The molecule has 5 rings (SSSR count). The normalized spacial score (nSPS) is 13.6. The average molecular weight is 971 g/mol. The topological polar surface area (TPSA) is 52.6 Å². The third-order valence-electron chi connectivity index (χ3n) is 13.3. The van der Waals surface area contributed by atoms with Gasteiger partial charge in [-0.3, -0.25) is 0 Å². The lowest BCUT2D eigenvalue weighted by molar-refractivity contribution is 0.299. The van der Waals surface area contributed by atoms with Gasteiger partial charge in [-0.2, -0.15) is 0 Å². The summed E-state index contributed by atoms with van der Waals surface area (Å²) in [5.74, 6) is 1.85. The smallest absolute Gasteiger partial charge is 0.185 e. The lowest BCUT2D eigenvalue weighted by atomic mass is 9.95. The number of hydrogen-bond donors (Lipinski definition) is 0. The third-order valence-corrected chi connectivity index (χ3v) is 15.3. The van der Waals surface area contributed by atoms with Crippen molar-refractivity contribution in [3.63, 3.8) is 0 Å². The van der Waals surface area contributed by atoms with E-state index in [2.05, 4.69) is 172 Å². The molecule has 0 saturated heterocycles. The van der Waals surface area contributed by atoms with Crippen molar-refractivity contribution in [3.8, 4) is 11.5 Å². The number of allylic oxidation sites excluding steroid dienone is 13. The Kier molecular flexibility index (Phi) is 23.2. The van der Waals surface area contributed by atoms with E-state index in [1.807, 2.05) is 36.4 Å². The van der Waals surface area contributed by atoms with Crippen LogP contribution in [0.25, 0.3) is 10.8 Å².